The average Bonchev–Trinajstić information content (AvgIpc) is 3.01. The van der Waals surface area contributed by atoms with E-state index in [1.54, 1.807) is 42.9 Å². The lowest BCUT2D eigenvalue weighted by Gasteiger charge is -2.06. The molecule has 0 aliphatic carbocycles. The molecule has 0 amide bonds. The quantitative estimate of drug-likeness (QED) is 0.533. The Labute approximate surface area is 133 Å². The number of nitro groups is 1. The van der Waals surface area contributed by atoms with Crippen molar-refractivity contribution in [1.29, 1.82) is 0 Å². The van der Waals surface area contributed by atoms with Crippen molar-refractivity contribution in [3.05, 3.63) is 100 Å². The maximum atomic E-state index is 11.4. The summed E-state index contributed by atoms with van der Waals surface area (Å²) in [5, 5.41) is 11.4. The number of hydrogen-bond acceptors (Lipinski definition) is 3. The lowest BCUT2D eigenvalue weighted by Crippen LogP contribution is -2.02. The molecule has 0 fully saturated rings. The van der Waals surface area contributed by atoms with E-state index in [1.807, 2.05) is 41.0 Å². The Balaban J connectivity index is 1.95. The number of aromatic nitrogens is 2. The summed E-state index contributed by atoms with van der Waals surface area (Å²) in [5.74, 6) is 0. The Kier molecular flexibility index (Phi) is 4.29. The Morgan fingerprint density at radius 3 is 2.39 bits per heavy atom. The summed E-state index contributed by atoms with van der Waals surface area (Å²) in [4.78, 5) is 15.2. The van der Waals surface area contributed by atoms with Crippen LogP contribution in [0.1, 0.15) is 16.8 Å². The average molecular weight is 305 g/mol. The first kappa shape index (κ1) is 14.7. The summed E-state index contributed by atoms with van der Waals surface area (Å²) < 4.78 is 1.89. The van der Waals surface area contributed by atoms with E-state index in [0.717, 1.165) is 5.56 Å². The van der Waals surface area contributed by atoms with Crippen molar-refractivity contribution >= 4 is 11.8 Å². The van der Waals surface area contributed by atoms with Crippen LogP contribution in [0.2, 0.25) is 0 Å². The zero-order valence-corrected chi connectivity index (χ0v) is 12.4. The van der Waals surface area contributed by atoms with Crippen molar-refractivity contribution in [2.24, 2.45) is 0 Å². The van der Waals surface area contributed by atoms with Crippen molar-refractivity contribution < 1.29 is 4.92 Å². The molecule has 3 aromatic rings. The molecule has 0 aliphatic rings. The molecule has 0 bridgehead atoms. The van der Waals surface area contributed by atoms with Gasteiger partial charge in [-0.3, -0.25) is 10.1 Å². The van der Waals surface area contributed by atoms with Gasteiger partial charge in [-0.2, -0.15) is 0 Å². The standard InChI is InChI=1S/C18H15N3O2/c22-21(23)18(16-9-5-2-6-10-16)11-17-12-19-14-20(17)13-15-7-3-1-4-8-15/h1-12,14H,13H2. The van der Waals surface area contributed by atoms with Crippen LogP contribution in [-0.2, 0) is 6.54 Å². The summed E-state index contributed by atoms with van der Waals surface area (Å²) in [7, 11) is 0. The van der Waals surface area contributed by atoms with Crippen LogP contribution in [0, 0.1) is 10.1 Å². The van der Waals surface area contributed by atoms with Crippen LogP contribution < -0.4 is 0 Å². The first-order chi connectivity index (χ1) is 11.2. The molecule has 23 heavy (non-hydrogen) atoms. The van der Waals surface area contributed by atoms with Gasteiger partial charge in [0.25, 0.3) is 5.70 Å². The summed E-state index contributed by atoms with van der Waals surface area (Å²) in [5.41, 5.74) is 2.44. The Hall–Kier alpha value is -3.21. The van der Waals surface area contributed by atoms with Gasteiger partial charge in [0.15, 0.2) is 0 Å². The zero-order chi connectivity index (χ0) is 16.1. The summed E-state index contributed by atoms with van der Waals surface area (Å²) >= 11 is 0. The fourth-order valence-corrected chi connectivity index (χ4v) is 2.35. The van der Waals surface area contributed by atoms with Gasteiger partial charge in [0, 0.05) is 12.6 Å². The fraction of sp³-hybridized carbons (Fsp3) is 0.0556. The van der Waals surface area contributed by atoms with Crippen LogP contribution in [0.15, 0.2) is 73.2 Å². The van der Waals surface area contributed by atoms with Gasteiger partial charge in [0.1, 0.15) is 0 Å². The molecule has 0 N–H and O–H groups in total. The Bertz CT molecular complexity index is 824. The maximum absolute atomic E-state index is 11.4. The molecule has 5 heteroatoms. The van der Waals surface area contributed by atoms with Crippen molar-refractivity contribution in [1.82, 2.24) is 9.55 Å². The second-order valence-electron chi connectivity index (χ2n) is 5.08. The van der Waals surface area contributed by atoms with E-state index < -0.39 is 0 Å². The van der Waals surface area contributed by atoms with Gasteiger partial charge in [-0.05, 0) is 17.7 Å². The van der Waals surface area contributed by atoms with Crippen LogP contribution in [0.5, 0.6) is 0 Å². The number of imidazole rings is 1. The molecule has 1 heterocycles. The smallest absolute Gasteiger partial charge is 0.278 e. The van der Waals surface area contributed by atoms with Gasteiger partial charge >= 0.3 is 0 Å². The predicted molar refractivity (Wildman–Crippen MR) is 89.1 cm³/mol. The second kappa shape index (κ2) is 6.70. The molecule has 0 atom stereocenters. The first-order valence-corrected chi connectivity index (χ1v) is 7.19. The van der Waals surface area contributed by atoms with Crippen molar-refractivity contribution in [2.75, 3.05) is 0 Å². The van der Waals surface area contributed by atoms with Crippen LogP contribution in [-0.4, -0.2) is 14.5 Å². The Morgan fingerprint density at radius 2 is 1.74 bits per heavy atom. The van der Waals surface area contributed by atoms with Gasteiger partial charge in [-0.15, -0.1) is 0 Å². The molecule has 3 rings (SSSR count). The van der Waals surface area contributed by atoms with E-state index in [1.165, 1.54) is 0 Å². The number of benzene rings is 2. The molecule has 0 radical (unpaired) electrons. The van der Waals surface area contributed by atoms with E-state index in [0.29, 0.717) is 17.8 Å². The first-order valence-electron chi connectivity index (χ1n) is 7.19. The normalized spacial score (nSPS) is 11.4. The largest absolute Gasteiger partial charge is 0.326 e. The third-order valence-electron chi connectivity index (χ3n) is 3.49. The van der Waals surface area contributed by atoms with Crippen LogP contribution in [0.25, 0.3) is 11.8 Å². The third-order valence-corrected chi connectivity index (χ3v) is 3.49. The molecular formula is C18H15N3O2. The van der Waals surface area contributed by atoms with Crippen molar-refractivity contribution in [2.45, 2.75) is 6.54 Å². The molecule has 0 unspecified atom stereocenters. The van der Waals surface area contributed by atoms with Crippen LogP contribution >= 0.6 is 0 Å². The van der Waals surface area contributed by atoms with Gasteiger partial charge in [-0.25, -0.2) is 4.98 Å². The zero-order valence-electron chi connectivity index (χ0n) is 12.4. The molecule has 2 aromatic carbocycles. The summed E-state index contributed by atoms with van der Waals surface area (Å²) in [6.07, 6.45) is 4.88. The minimum atomic E-state index is -0.366. The lowest BCUT2D eigenvalue weighted by molar-refractivity contribution is -0.374. The molecule has 0 spiro atoms. The van der Waals surface area contributed by atoms with Crippen molar-refractivity contribution in [3.8, 4) is 0 Å². The van der Waals surface area contributed by atoms with E-state index in [4.69, 9.17) is 0 Å². The minimum Gasteiger partial charge on any atom is -0.326 e. The highest BCUT2D eigenvalue weighted by molar-refractivity contribution is 5.75. The van der Waals surface area contributed by atoms with Gasteiger partial charge in [-0.1, -0.05) is 48.5 Å². The third kappa shape index (κ3) is 3.52. The highest BCUT2D eigenvalue weighted by atomic mass is 16.6. The topological polar surface area (TPSA) is 61.0 Å². The molecule has 114 valence electrons. The van der Waals surface area contributed by atoms with Crippen LogP contribution in [0.4, 0.5) is 0 Å². The highest BCUT2D eigenvalue weighted by Gasteiger charge is 2.15. The predicted octanol–water partition coefficient (Wildman–Crippen LogP) is 3.71. The second-order valence-corrected chi connectivity index (χ2v) is 5.08. The van der Waals surface area contributed by atoms with E-state index >= 15 is 0 Å². The molecule has 0 saturated heterocycles. The van der Waals surface area contributed by atoms with Crippen molar-refractivity contribution in [3.63, 3.8) is 0 Å². The maximum Gasteiger partial charge on any atom is 0.278 e. The minimum absolute atomic E-state index is 0.0559. The molecular weight excluding hydrogens is 290 g/mol. The number of rotatable bonds is 5. The van der Waals surface area contributed by atoms with E-state index in [9.17, 15) is 10.1 Å². The molecule has 1 aromatic heterocycles. The van der Waals surface area contributed by atoms with E-state index in [2.05, 4.69) is 4.98 Å². The van der Waals surface area contributed by atoms with Gasteiger partial charge in [0.05, 0.1) is 28.7 Å². The Morgan fingerprint density at radius 1 is 1.09 bits per heavy atom. The number of nitrogens with zero attached hydrogens (tertiary/aromatic N) is 3. The number of hydrogen-bond donors (Lipinski definition) is 0. The fourth-order valence-electron chi connectivity index (χ4n) is 2.35. The molecule has 0 saturated carbocycles. The molecule has 5 nitrogen and oxygen atoms in total. The monoisotopic (exact) mass is 305 g/mol. The summed E-state index contributed by atoms with van der Waals surface area (Å²) in [6.45, 7) is 0.618. The van der Waals surface area contributed by atoms with Crippen LogP contribution in [0.3, 0.4) is 0 Å². The summed E-state index contributed by atoms with van der Waals surface area (Å²) in [6, 6.07) is 18.8. The lowest BCUT2D eigenvalue weighted by atomic mass is 10.1. The van der Waals surface area contributed by atoms with Gasteiger partial charge in [0.2, 0.25) is 0 Å². The highest BCUT2D eigenvalue weighted by Crippen LogP contribution is 2.19. The van der Waals surface area contributed by atoms with E-state index in [-0.39, 0.29) is 10.6 Å². The SMILES string of the molecule is O=[N+]([O-])C(=Cc1cncn1Cc1ccccc1)c1ccccc1. The van der Waals surface area contributed by atoms with Gasteiger partial charge < -0.3 is 4.57 Å². The molecule has 0 aliphatic heterocycles.